The maximum atomic E-state index is 14.1. The van der Waals surface area contributed by atoms with Crippen LogP contribution in [0, 0.1) is 5.92 Å². The maximum absolute atomic E-state index is 14.1. The molecule has 1 N–H and O–H groups in total. The zero-order valence-electron chi connectivity index (χ0n) is 28.4. The van der Waals surface area contributed by atoms with Crippen LogP contribution in [-0.2, 0) is 33.7 Å². The molecule has 0 spiro atoms. The first-order valence-corrected chi connectivity index (χ1v) is 20.4. The van der Waals surface area contributed by atoms with Gasteiger partial charge < -0.3 is 24.4 Å². The Bertz CT molecular complexity index is 1540. The summed E-state index contributed by atoms with van der Waals surface area (Å²) in [6, 6.07) is 24.9. The molecule has 250 valence electrons. The van der Waals surface area contributed by atoms with E-state index in [1.165, 1.54) is 16.3 Å². The van der Waals surface area contributed by atoms with Crippen LogP contribution >= 0.6 is 0 Å². The van der Waals surface area contributed by atoms with Crippen molar-refractivity contribution in [2.24, 2.45) is 5.92 Å². The number of nitrogens with zero attached hydrogens (tertiary/aromatic N) is 2. The van der Waals surface area contributed by atoms with Crippen LogP contribution < -0.4 is 14.8 Å². The molecule has 2 fully saturated rings. The number of piperidine rings is 1. The van der Waals surface area contributed by atoms with Crippen LogP contribution in [0.5, 0.6) is 5.75 Å². The molecule has 3 aliphatic heterocycles. The number of hydrogen-bond donors (Lipinski definition) is 1. The molecule has 6 rings (SSSR count). The van der Waals surface area contributed by atoms with Crippen molar-refractivity contribution in [3.8, 4) is 5.75 Å². The third-order valence-corrected chi connectivity index (χ3v) is 15.5. The number of amides is 2. The number of methoxy groups -OCH3 is 1. The van der Waals surface area contributed by atoms with E-state index >= 15 is 0 Å². The lowest BCUT2D eigenvalue weighted by Gasteiger charge is -2.39. The second-order valence-corrected chi connectivity index (χ2v) is 19.0. The van der Waals surface area contributed by atoms with Crippen LogP contribution in [0.4, 0.5) is 5.69 Å². The molecular weight excluding hydrogens is 605 g/mol. The number of benzene rings is 3. The minimum Gasteiger partial charge on any atom is -0.497 e. The first-order chi connectivity index (χ1) is 22.7. The highest BCUT2D eigenvalue weighted by molar-refractivity contribution is 6.91. The Balaban J connectivity index is 1.20. The summed E-state index contributed by atoms with van der Waals surface area (Å²) in [5.41, 5.74) is 4.82. The van der Waals surface area contributed by atoms with E-state index in [0.717, 1.165) is 49.2 Å². The predicted octanol–water partition coefficient (Wildman–Crippen LogP) is 5.87. The highest BCUT2D eigenvalue weighted by atomic mass is 28.3. The number of rotatable bonds is 10. The van der Waals surface area contributed by atoms with E-state index in [1.807, 2.05) is 34.1 Å². The summed E-state index contributed by atoms with van der Waals surface area (Å²) in [7, 11) is -0.439. The number of carbonyl (C=O) groups is 2. The molecule has 47 heavy (non-hydrogen) atoms. The van der Waals surface area contributed by atoms with Crippen molar-refractivity contribution in [2.45, 2.75) is 95.3 Å². The molecule has 0 saturated carbocycles. The molecule has 5 atom stereocenters. The highest BCUT2D eigenvalue weighted by Gasteiger charge is 2.51. The molecule has 0 unspecified atom stereocenters. The third-order valence-electron chi connectivity index (χ3n) is 11.1. The van der Waals surface area contributed by atoms with Gasteiger partial charge in [-0.2, -0.15) is 0 Å². The van der Waals surface area contributed by atoms with Crippen LogP contribution in [-0.4, -0.2) is 68.4 Å². The number of aliphatic hydroxyl groups excluding tert-OH is 1. The summed E-state index contributed by atoms with van der Waals surface area (Å²) in [6.45, 7) is 8.40. The molecule has 3 aliphatic rings. The van der Waals surface area contributed by atoms with Crippen LogP contribution in [0.2, 0.25) is 18.6 Å². The molecule has 0 radical (unpaired) electrons. The Morgan fingerprint density at radius 2 is 1.70 bits per heavy atom. The minimum absolute atomic E-state index is 0.0295. The smallest absolute Gasteiger partial charge is 0.226 e. The second kappa shape index (κ2) is 14.3. The molecule has 8 heteroatoms. The van der Waals surface area contributed by atoms with E-state index in [-0.39, 0.29) is 48.1 Å². The molecule has 3 heterocycles. The second-order valence-electron chi connectivity index (χ2n) is 14.3. The highest BCUT2D eigenvalue weighted by Crippen LogP contribution is 2.47. The topological polar surface area (TPSA) is 79.3 Å². The quantitative estimate of drug-likeness (QED) is 0.277. The number of ether oxygens (including phenoxy) is 2. The number of aliphatic hydroxyl groups is 1. The summed E-state index contributed by atoms with van der Waals surface area (Å²) in [6.07, 6.45) is 5.22. The predicted molar refractivity (Wildman–Crippen MR) is 189 cm³/mol. The van der Waals surface area contributed by atoms with Gasteiger partial charge in [-0.15, -0.1) is 0 Å². The fourth-order valence-electron chi connectivity index (χ4n) is 8.41. The Labute approximate surface area is 280 Å². The molecule has 2 saturated heterocycles. The van der Waals surface area contributed by atoms with Crippen molar-refractivity contribution in [2.75, 3.05) is 25.2 Å². The van der Waals surface area contributed by atoms with Gasteiger partial charge in [-0.3, -0.25) is 9.59 Å². The van der Waals surface area contributed by atoms with Crippen LogP contribution in [0.1, 0.15) is 55.7 Å². The number of aryl methyl sites for hydroxylation is 1. The van der Waals surface area contributed by atoms with Crippen LogP contribution in [0.15, 0.2) is 72.8 Å². The largest absolute Gasteiger partial charge is 0.497 e. The molecule has 7 nitrogen and oxygen atoms in total. The first kappa shape index (κ1) is 33.4. The number of fused-ring (bicyclic) bond motifs is 1. The summed E-state index contributed by atoms with van der Waals surface area (Å²) >= 11 is 0. The fraction of sp³-hybridized carbons (Fsp3) is 0.487. The zero-order valence-corrected chi connectivity index (χ0v) is 29.4. The summed E-state index contributed by atoms with van der Waals surface area (Å²) in [4.78, 5) is 30.3. The van der Waals surface area contributed by atoms with E-state index in [4.69, 9.17) is 9.47 Å². The average Bonchev–Trinajstić information content (AvgIpc) is 3.41. The van der Waals surface area contributed by atoms with Crippen LogP contribution in [0.3, 0.4) is 0 Å². The van der Waals surface area contributed by atoms with Crippen LogP contribution in [0.25, 0.3) is 0 Å². The maximum Gasteiger partial charge on any atom is 0.226 e. The lowest BCUT2D eigenvalue weighted by atomic mass is 9.93. The number of hydrogen-bond acceptors (Lipinski definition) is 5. The van der Waals surface area contributed by atoms with Gasteiger partial charge in [-0.25, -0.2) is 0 Å². The summed E-state index contributed by atoms with van der Waals surface area (Å²) in [5, 5.41) is 11.6. The van der Waals surface area contributed by atoms with Gasteiger partial charge in [0.2, 0.25) is 11.8 Å². The van der Waals surface area contributed by atoms with Gasteiger partial charge >= 0.3 is 0 Å². The molecular formula is C39H50N2O5Si. The van der Waals surface area contributed by atoms with E-state index in [9.17, 15) is 14.7 Å². The Kier molecular flexibility index (Phi) is 10.2. The lowest BCUT2D eigenvalue weighted by Crippen LogP contribution is -2.52. The van der Waals surface area contributed by atoms with Crippen molar-refractivity contribution in [1.82, 2.24) is 4.90 Å². The van der Waals surface area contributed by atoms with Gasteiger partial charge in [-0.1, -0.05) is 73.7 Å². The van der Waals surface area contributed by atoms with Gasteiger partial charge in [0.1, 0.15) is 5.75 Å². The fourth-order valence-corrected chi connectivity index (χ4v) is 12.5. The zero-order chi connectivity index (χ0) is 33.1. The van der Waals surface area contributed by atoms with E-state index < -0.39 is 8.07 Å². The van der Waals surface area contributed by atoms with E-state index in [1.54, 1.807) is 7.11 Å². The molecule has 2 amide bonds. The Morgan fingerprint density at radius 3 is 2.38 bits per heavy atom. The first-order valence-electron chi connectivity index (χ1n) is 17.4. The molecule has 0 bridgehead atoms. The monoisotopic (exact) mass is 654 g/mol. The van der Waals surface area contributed by atoms with Crippen molar-refractivity contribution in [1.29, 1.82) is 0 Å². The molecule has 0 aromatic heterocycles. The van der Waals surface area contributed by atoms with E-state index in [2.05, 4.69) is 68.5 Å². The summed E-state index contributed by atoms with van der Waals surface area (Å²) < 4.78 is 12.4. The average molecular weight is 655 g/mol. The molecule has 3 aromatic carbocycles. The Hall–Kier alpha value is -3.46. The normalized spacial score (nSPS) is 24.7. The standard InChI is InChI=1S/C39H50N2O5Si/c1-27-35(21-14-28-12-15-31(16-13-28)40-22-8-7-11-37(40)43)46-36(39(27)47(3,4)34-19-17-33(45-2)18-20-34)24-38(44)41-25-30-10-6-5-9-29(30)23-32(41)26-42/h5-6,9-10,12-13,15-20,27,32,35-36,39,42H,7-8,11,14,21-26H2,1-4H3/t27-,32+,35+,36-,39+/m1/s1. The minimum atomic E-state index is -2.13. The van der Waals surface area contributed by atoms with Crippen molar-refractivity contribution in [3.05, 3.63) is 89.5 Å². The third kappa shape index (κ3) is 7.06. The number of anilines is 1. The van der Waals surface area contributed by atoms with Crippen molar-refractivity contribution >= 4 is 30.8 Å². The van der Waals surface area contributed by atoms with Crippen molar-refractivity contribution < 1.29 is 24.2 Å². The van der Waals surface area contributed by atoms with Gasteiger partial charge in [0, 0.05) is 25.2 Å². The molecule has 3 aromatic rings. The Morgan fingerprint density at radius 1 is 0.979 bits per heavy atom. The number of carbonyl (C=O) groups excluding carboxylic acids is 2. The lowest BCUT2D eigenvalue weighted by molar-refractivity contribution is -0.138. The SMILES string of the molecule is COc1ccc([Si](C)(C)[C@H]2[C@H](C)[C@H](CCc3ccc(N4CCCCC4=O)cc3)O[C@@H]2CC(=O)N2Cc3ccccc3C[C@H]2CO)cc1. The van der Waals surface area contributed by atoms with Gasteiger partial charge in [0.05, 0.1) is 46.5 Å². The van der Waals surface area contributed by atoms with Gasteiger partial charge in [-0.05, 0) is 84.5 Å². The van der Waals surface area contributed by atoms with Gasteiger partial charge in [0.25, 0.3) is 0 Å². The van der Waals surface area contributed by atoms with Crippen molar-refractivity contribution in [3.63, 3.8) is 0 Å². The van der Waals surface area contributed by atoms with E-state index in [0.29, 0.717) is 25.8 Å². The van der Waals surface area contributed by atoms with Gasteiger partial charge in [0.15, 0.2) is 0 Å². The summed E-state index contributed by atoms with van der Waals surface area (Å²) in [5.74, 6) is 1.39. The molecule has 0 aliphatic carbocycles.